The average Bonchev–Trinajstić information content (AvgIpc) is 2.33. The number of ether oxygens (including phenoxy) is 1. The number of hydrogen-bond donors (Lipinski definition) is 2. The third-order valence-electron chi connectivity index (χ3n) is 2.64. The van der Waals surface area contributed by atoms with Crippen LogP contribution in [0, 0.1) is 0 Å². The predicted molar refractivity (Wildman–Crippen MR) is 82.2 cm³/mol. The highest BCUT2D eigenvalue weighted by molar-refractivity contribution is 6.31. The molecule has 0 aliphatic carbocycles. The number of carbonyl (C=O) groups excluding carboxylic acids is 1. The smallest absolute Gasteiger partial charge is 0.221 e. The lowest BCUT2D eigenvalue weighted by Crippen LogP contribution is -2.41. The van der Waals surface area contributed by atoms with E-state index < -0.39 is 0 Å². The average molecular weight is 299 g/mol. The van der Waals surface area contributed by atoms with Gasteiger partial charge in [-0.2, -0.15) is 0 Å². The van der Waals surface area contributed by atoms with Crippen LogP contribution in [-0.4, -0.2) is 25.1 Å². The Morgan fingerprint density at radius 3 is 2.65 bits per heavy atom. The van der Waals surface area contributed by atoms with Crippen molar-refractivity contribution in [3.05, 3.63) is 28.8 Å². The molecule has 5 heteroatoms. The Bertz CT molecular complexity index is 456. The van der Waals surface area contributed by atoms with Crippen LogP contribution >= 0.6 is 11.6 Å². The fourth-order valence-electron chi connectivity index (χ4n) is 1.80. The lowest BCUT2D eigenvalue weighted by molar-refractivity contribution is -0.122. The second-order valence-electron chi connectivity index (χ2n) is 5.65. The fourth-order valence-corrected chi connectivity index (χ4v) is 2.03. The van der Waals surface area contributed by atoms with Gasteiger partial charge in [0.05, 0.1) is 7.11 Å². The molecule has 1 aromatic rings. The first-order valence-corrected chi connectivity index (χ1v) is 7.04. The summed E-state index contributed by atoms with van der Waals surface area (Å²) in [5, 5.41) is 6.79. The van der Waals surface area contributed by atoms with E-state index in [0.717, 1.165) is 11.3 Å². The number of benzene rings is 1. The van der Waals surface area contributed by atoms with Crippen molar-refractivity contribution in [2.45, 2.75) is 39.3 Å². The van der Waals surface area contributed by atoms with Crippen molar-refractivity contribution in [2.75, 3.05) is 13.7 Å². The van der Waals surface area contributed by atoms with E-state index in [4.69, 9.17) is 16.3 Å². The molecule has 0 saturated heterocycles. The Morgan fingerprint density at radius 2 is 2.05 bits per heavy atom. The summed E-state index contributed by atoms with van der Waals surface area (Å²) < 4.78 is 5.27. The van der Waals surface area contributed by atoms with Gasteiger partial charge < -0.3 is 15.4 Å². The minimum absolute atomic E-state index is 0.0381. The zero-order valence-electron chi connectivity index (χ0n) is 12.5. The SMILES string of the molecule is COc1cccc(Cl)c1CNCCC(=O)NC(C)(C)C. The van der Waals surface area contributed by atoms with Crippen LogP contribution in [-0.2, 0) is 11.3 Å². The monoisotopic (exact) mass is 298 g/mol. The number of amides is 1. The Kier molecular flexibility index (Phi) is 6.30. The summed E-state index contributed by atoms with van der Waals surface area (Å²) in [5.74, 6) is 0.792. The molecule has 0 spiro atoms. The molecule has 0 aromatic heterocycles. The van der Waals surface area contributed by atoms with Gasteiger partial charge in [0.1, 0.15) is 5.75 Å². The molecule has 20 heavy (non-hydrogen) atoms. The zero-order valence-corrected chi connectivity index (χ0v) is 13.3. The van der Waals surface area contributed by atoms with E-state index >= 15 is 0 Å². The summed E-state index contributed by atoms with van der Waals surface area (Å²) in [6.07, 6.45) is 0.435. The van der Waals surface area contributed by atoms with Crippen molar-refractivity contribution in [1.82, 2.24) is 10.6 Å². The second kappa shape index (κ2) is 7.50. The maximum atomic E-state index is 11.7. The summed E-state index contributed by atoms with van der Waals surface area (Å²) in [4.78, 5) is 11.7. The van der Waals surface area contributed by atoms with E-state index in [0.29, 0.717) is 24.5 Å². The van der Waals surface area contributed by atoms with Crippen molar-refractivity contribution in [3.63, 3.8) is 0 Å². The molecule has 0 unspecified atom stereocenters. The molecule has 1 rings (SSSR count). The number of rotatable bonds is 6. The van der Waals surface area contributed by atoms with Gasteiger partial charge in [-0.15, -0.1) is 0 Å². The number of carbonyl (C=O) groups is 1. The topological polar surface area (TPSA) is 50.4 Å². The summed E-state index contributed by atoms with van der Waals surface area (Å²) in [5.41, 5.74) is 0.719. The molecule has 1 amide bonds. The van der Waals surface area contributed by atoms with Gasteiger partial charge in [-0.1, -0.05) is 17.7 Å². The van der Waals surface area contributed by atoms with Crippen molar-refractivity contribution < 1.29 is 9.53 Å². The maximum Gasteiger partial charge on any atom is 0.221 e. The van der Waals surface area contributed by atoms with Gasteiger partial charge >= 0.3 is 0 Å². The van der Waals surface area contributed by atoms with Gasteiger partial charge in [0.15, 0.2) is 0 Å². The van der Waals surface area contributed by atoms with E-state index in [1.165, 1.54) is 0 Å². The highest BCUT2D eigenvalue weighted by Crippen LogP contribution is 2.25. The van der Waals surface area contributed by atoms with Crippen LogP contribution in [0.5, 0.6) is 5.75 Å². The molecule has 0 atom stereocenters. The van der Waals surface area contributed by atoms with Crippen molar-refractivity contribution in [3.8, 4) is 5.75 Å². The molecule has 0 aliphatic rings. The maximum absolute atomic E-state index is 11.7. The molecule has 4 nitrogen and oxygen atoms in total. The van der Waals surface area contributed by atoms with E-state index in [9.17, 15) is 4.79 Å². The van der Waals surface area contributed by atoms with E-state index in [-0.39, 0.29) is 11.4 Å². The summed E-state index contributed by atoms with van der Waals surface area (Å²) in [7, 11) is 1.62. The first-order chi connectivity index (χ1) is 9.33. The number of halogens is 1. The van der Waals surface area contributed by atoms with Crippen molar-refractivity contribution in [1.29, 1.82) is 0 Å². The molecule has 112 valence electrons. The molecular weight excluding hydrogens is 276 g/mol. The third kappa shape index (κ3) is 5.80. The van der Waals surface area contributed by atoms with Gasteiger partial charge in [-0.05, 0) is 32.9 Å². The van der Waals surface area contributed by atoms with Gasteiger partial charge in [0.2, 0.25) is 5.91 Å². The van der Waals surface area contributed by atoms with Crippen molar-refractivity contribution in [2.24, 2.45) is 0 Å². The lowest BCUT2D eigenvalue weighted by atomic mass is 10.1. The van der Waals surface area contributed by atoms with Crippen LogP contribution in [0.3, 0.4) is 0 Å². The normalized spacial score (nSPS) is 11.2. The lowest BCUT2D eigenvalue weighted by Gasteiger charge is -2.20. The highest BCUT2D eigenvalue weighted by Gasteiger charge is 2.13. The largest absolute Gasteiger partial charge is 0.496 e. The van der Waals surface area contributed by atoms with E-state index in [1.54, 1.807) is 7.11 Å². The number of methoxy groups -OCH3 is 1. The predicted octanol–water partition coefficient (Wildman–Crippen LogP) is 2.74. The summed E-state index contributed by atoms with van der Waals surface area (Å²) in [6, 6.07) is 5.55. The third-order valence-corrected chi connectivity index (χ3v) is 2.99. The van der Waals surface area contributed by atoms with Gasteiger partial charge in [-0.3, -0.25) is 4.79 Å². The number of hydrogen-bond acceptors (Lipinski definition) is 3. The van der Waals surface area contributed by atoms with Crippen LogP contribution < -0.4 is 15.4 Å². The molecule has 1 aromatic carbocycles. The molecular formula is C15H23ClN2O2. The molecule has 2 N–H and O–H groups in total. The standard InChI is InChI=1S/C15H23ClN2O2/c1-15(2,3)18-14(19)8-9-17-10-11-12(16)6-5-7-13(11)20-4/h5-7,17H,8-10H2,1-4H3,(H,18,19). The molecule has 0 saturated carbocycles. The Morgan fingerprint density at radius 1 is 1.35 bits per heavy atom. The van der Waals surface area contributed by atoms with E-state index in [1.807, 2.05) is 39.0 Å². The van der Waals surface area contributed by atoms with Crippen LogP contribution in [0.1, 0.15) is 32.8 Å². The summed E-state index contributed by atoms with van der Waals surface area (Å²) in [6.45, 7) is 7.06. The minimum atomic E-state index is -0.191. The zero-order chi connectivity index (χ0) is 15.2. The van der Waals surface area contributed by atoms with Crippen LogP contribution in [0.4, 0.5) is 0 Å². The molecule has 0 heterocycles. The molecule has 0 aliphatic heterocycles. The first kappa shape index (κ1) is 16.8. The Labute approximate surface area is 125 Å². The summed E-state index contributed by atoms with van der Waals surface area (Å²) >= 11 is 6.14. The van der Waals surface area contributed by atoms with Crippen molar-refractivity contribution >= 4 is 17.5 Å². The molecule has 0 bridgehead atoms. The molecule has 0 fully saturated rings. The number of nitrogens with one attached hydrogen (secondary N) is 2. The Hall–Kier alpha value is -1.26. The fraction of sp³-hybridized carbons (Fsp3) is 0.533. The van der Waals surface area contributed by atoms with Gasteiger partial charge in [0.25, 0.3) is 0 Å². The minimum Gasteiger partial charge on any atom is -0.496 e. The van der Waals surface area contributed by atoms with Crippen LogP contribution in [0.2, 0.25) is 5.02 Å². The van der Waals surface area contributed by atoms with E-state index in [2.05, 4.69) is 10.6 Å². The van der Waals surface area contributed by atoms with Gasteiger partial charge in [-0.25, -0.2) is 0 Å². The molecule has 0 radical (unpaired) electrons. The first-order valence-electron chi connectivity index (χ1n) is 6.66. The Balaban J connectivity index is 2.40. The highest BCUT2D eigenvalue weighted by atomic mass is 35.5. The van der Waals surface area contributed by atoms with Crippen LogP contribution in [0.25, 0.3) is 0 Å². The second-order valence-corrected chi connectivity index (χ2v) is 6.05. The quantitative estimate of drug-likeness (QED) is 0.794. The van der Waals surface area contributed by atoms with Crippen LogP contribution in [0.15, 0.2) is 18.2 Å². The van der Waals surface area contributed by atoms with Gasteiger partial charge in [0, 0.05) is 35.6 Å².